The molecule has 1 N–H and O–H groups in total. The van der Waals surface area contributed by atoms with E-state index in [9.17, 15) is 0 Å². The van der Waals surface area contributed by atoms with Crippen molar-refractivity contribution in [3.05, 3.63) is 29.8 Å². The zero-order valence-corrected chi connectivity index (χ0v) is 13.4. The highest BCUT2D eigenvalue weighted by Crippen LogP contribution is 2.39. The molecule has 1 aromatic rings. The van der Waals surface area contributed by atoms with Crippen LogP contribution in [0.4, 0.5) is 0 Å². The zero-order chi connectivity index (χ0) is 13.3. The minimum Gasteiger partial charge on any atom is -0.306 e. The molecule has 1 nitrogen and oxygen atoms in total. The van der Waals surface area contributed by atoms with Gasteiger partial charge in [-0.05, 0) is 41.4 Å². The molecular weight excluding hydrogens is 270 g/mol. The highest BCUT2D eigenvalue weighted by molar-refractivity contribution is 7.99. The van der Waals surface area contributed by atoms with E-state index in [2.05, 4.69) is 55.2 Å². The first-order valence-corrected chi connectivity index (χ1v) is 9.36. The van der Waals surface area contributed by atoms with Crippen molar-refractivity contribution >= 4 is 23.5 Å². The van der Waals surface area contributed by atoms with Crippen LogP contribution in [0.15, 0.2) is 29.2 Å². The van der Waals surface area contributed by atoms with Crippen molar-refractivity contribution in [2.75, 3.05) is 17.3 Å². The van der Waals surface area contributed by atoms with E-state index in [0.29, 0.717) is 17.5 Å². The molecule has 0 bridgehead atoms. The van der Waals surface area contributed by atoms with Gasteiger partial charge in [0.15, 0.2) is 0 Å². The Kier molecular flexibility index (Phi) is 4.16. The van der Waals surface area contributed by atoms with Crippen LogP contribution in [0.5, 0.6) is 0 Å². The van der Waals surface area contributed by atoms with Crippen LogP contribution in [-0.4, -0.2) is 23.3 Å². The van der Waals surface area contributed by atoms with Gasteiger partial charge < -0.3 is 5.32 Å². The summed E-state index contributed by atoms with van der Waals surface area (Å²) in [5, 5.41) is 3.97. The maximum absolute atomic E-state index is 3.97. The molecule has 0 aliphatic carbocycles. The lowest BCUT2D eigenvalue weighted by Gasteiger charge is -2.42. The van der Waals surface area contributed by atoms with Gasteiger partial charge in [-0.25, -0.2) is 0 Å². The summed E-state index contributed by atoms with van der Waals surface area (Å²) in [6, 6.07) is 10.1. The summed E-state index contributed by atoms with van der Waals surface area (Å²) in [6.07, 6.45) is 2.59. The van der Waals surface area contributed by atoms with Gasteiger partial charge in [0.25, 0.3) is 0 Å². The molecule has 0 aromatic heterocycles. The number of rotatable bonds is 2. The van der Waals surface area contributed by atoms with Crippen LogP contribution in [0.25, 0.3) is 0 Å². The first-order valence-electron chi connectivity index (χ1n) is 7.22. The maximum atomic E-state index is 3.97. The van der Waals surface area contributed by atoms with Gasteiger partial charge in [-0.3, -0.25) is 0 Å². The first-order chi connectivity index (χ1) is 9.17. The summed E-state index contributed by atoms with van der Waals surface area (Å²) < 4.78 is 0. The second-order valence-electron chi connectivity index (χ2n) is 6.26. The standard InChI is InChI=1S/C16H23NS2/c1-16(2)8-10-18-11-15(16)17-13-7-9-19-14-6-4-3-5-12(13)14/h3-6,13,15,17H,7-11H2,1-2H3. The fourth-order valence-corrected chi connectivity index (χ4v) is 5.71. The monoisotopic (exact) mass is 293 g/mol. The fraction of sp³-hybridized carbons (Fsp3) is 0.625. The van der Waals surface area contributed by atoms with E-state index in [1.54, 1.807) is 0 Å². The topological polar surface area (TPSA) is 12.0 Å². The molecule has 2 aliphatic heterocycles. The molecule has 1 fully saturated rings. The zero-order valence-electron chi connectivity index (χ0n) is 11.8. The minimum atomic E-state index is 0.435. The van der Waals surface area contributed by atoms with Crippen LogP contribution in [-0.2, 0) is 0 Å². The van der Waals surface area contributed by atoms with Crippen molar-refractivity contribution in [2.45, 2.75) is 43.7 Å². The third-order valence-corrected chi connectivity index (χ3v) is 6.66. The first kappa shape index (κ1) is 13.8. The Morgan fingerprint density at radius 3 is 2.89 bits per heavy atom. The summed E-state index contributed by atoms with van der Waals surface area (Å²) in [4.78, 5) is 1.48. The smallest absolute Gasteiger partial charge is 0.0342 e. The number of hydrogen-bond acceptors (Lipinski definition) is 3. The summed E-state index contributed by atoms with van der Waals surface area (Å²) >= 11 is 4.12. The number of benzene rings is 1. The number of nitrogens with one attached hydrogen (secondary N) is 1. The Labute approximate surface area is 125 Å². The molecule has 19 heavy (non-hydrogen) atoms. The number of hydrogen-bond donors (Lipinski definition) is 1. The van der Waals surface area contributed by atoms with E-state index in [4.69, 9.17) is 0 Å². The van der Waals surface area contributed by atoms with Gasteiger partial charge in [-0.1, -0.05) is 32.0 Å². The molecule has 104 valence electrons. The van der Waals surface area contributed by atoms with Crippen LogP contribution in [0.2, 0.25) is 0 Å². The molecule has 1 aromatic carbocycles. The SMILES string of the molecule is CC1(C)CCSCC1NC1CCSc2ccccc21. The van der Waals surface area contributed by atoms with Gasteiger partial charge in [0.2, 0.25) is 0 Å². The Morgan fingerprint density at radius 1 is 1.21 bits per heavy atom. The minimum absolute atomic E-state index is 0.435. The quantitative estimate of drug-likeness (QED) is 0.871. The molecule has 1 saturated heterocycles. The van der Waals surface area contributed by atoms with E-state index in [0.717, 1.165) is 0 Å². The van der Waals surface area contributed by atoms with E-state index in [-0.39, 0.29) is 0 Å². The normalized spacial score (nSPS) is 29.8. The van der Waals surface area contributed by atoms with E-state index in [1.807, 2.05) is 11.8 Å². The second-order valence-corrected chi connectivity index (χ2v) is 8.55. The van der Waals surface area contributed by atoms with Gasteiger partial charge >= 0.3 is 0 Å². The molecule has 3 heteroatoms. The molecule has 0 saturated carbocycles. The molecule has 2 heterocycles. The third-order valence-electron chi connectivity index (χ3n) is 4.48. The Hall–Kier alpha value is -0.120. The van der Waals surface area contributed by atoms with Gasteiger partial charge in [0.05, 0.1) is 0 Å². The predicted molar refractivity (Wildman–Crippen MR) is 87.2 cm³/mol. The third kappa shape index (κ3) is 2.98. The average Bonchev–Trinajstić information content (AvgIpc) is 2.41. The Bertz CT molecular complexity index is 444. The van der Waals surface area contributed by atoms with Crippen LogP contribution in [0.3, 0.4) is 0 Å². The van der Waals surface area contributed by atoms with Crippen molar-refractivity contribution in [3.8, 4) is 0 Å². The van der Waals surface area contributed by atoms with Crippen molar-refractivity contribution in [1.82, 2.24) is 5.32 Å². The van der Waals surface area contributed by atoms with Crippen molar-refractivity contribution < 1.29 is 0 Å². The van der Waals surface area contributed by atoms with Crippen molar-refractivity contribution in [2.24, 2.45) is 5.41 Å². The maximum Gasteiger partial charge on any atom is 0.0342 e. The summed E-state index contributed by atoms with van der Waals surface area (Å²) in [7, 11) is 0. The van der Waals surface area contributed by atoms with E-state index in [1.165, 1.54) is 40.6 Å². The van der Waals surface area contributed by atoms with Gasteiger partial charge in [0, 0.05) is 22.7 Å². The lowest BCUT2D eigenvalue weighted by Crippen LogP contribution is -2.48. The van der Waals surface area contributed by atoms with Crippen LogP contribution < -0.4 is 5.32 Å². The summed E-state index contributed by atoms with van der Waals surface area (Å²) in [5.74, 6) is 3.83. The van der Waals surface area contributed by atoms with Gasteiger partial charge in [0.1, 0.15) is 0 Å². The molecule has 0 radical (unpaired) electrons. The average molecular weight is 294 g/mol. The molecule has 0 amide bonds. The van der Waals surface area contributed by atoms with Crippen LogP contribution in [0.1, 0.15) is 38.3 Å². The lowest BCUT2D eigenvalue weighted by molar-refractivity contribution is 0.225. The number of thioether (sulfide) groups is 2. The highest BCUT2D eigenvalue weighted by Gasteiger charge is 2.34. The van der Waals surface area contributed by atoms with Crippen LogP contribution in [0, 0.1) is 5.41 Å². The molecule has 2 unspecified atom stereocenters. The van der Waals surface area contributed by atoms with Crippen LogP contribution >= 0.6 is 23.5 Å². The second kappa shape index (κ2) is 5.71. The highest BCUT2D eigenvalue weighted by atomic mass is 32.2. The summed E-state index contributed by atoms with van der Waals surface area (Å²) in [5.41, 5.74) is 1.95. The molecule has 2 aliphatic rings. The van der Waals surface area contributed by atoms with Gasteiger partial charge in [-0.2, -0.15) is 11.8 Å². The van der Waals surface area contributed by atoms with E-state index >= 15 is 0 Å². The molecule has 3 rings (SSSR count). The lowest BCUT2D eigenvalue weighted by atomic mass is 9.81. The molecule has 2 atom stereocenters. The fourth-order valence-electron chi connectivity index (χ4n) is 2.97. The van der Waals surface area contributed by atoms with E-state index < -0.39 is 0 Å². The van der Waals surface area contributed by atoms with Gasteiger partial charge in [-0.15, -0.1) is 11.8 Å². The largest absolute Gasteiger partial charge is 0.306 e. The Morgan fingerprint density at radius 2 is 2.05 bits per heavy atom. The Balaban J connectivity index is 1.77. The van der Waals surface area contributed by atoms with Crippen molar-refractivity contribution in [1.29, 1.82) is 0 Å². The predicted octanol–water partition coefficient (Wildman–Crippen LogP) is 4.34. The molecule has 0 spiro atoms. The molecular formula is C16H23NS2. The van der Waals surface area contributed by atoms with Crippen molar-refractivity contribution in [3.63, 3.8) is 0 Å². The number of fused-ring (bicyclic) bond motifs is 1. The summed E-state index contributed by atoms with van der Waals surface area (Å²) in [6.45, 7) is 4.85.